The van der Waals surface area contributed by atoms with Gasteiger partial charge in [0.15, 0.2) is 0 Å². The first kappa shape index (κ1) is 16.9. The van der Waals surface area contributed by atoms with Gasteiger partial charge in [-0.15, -0.1) is 0 Å². The third kappa shape index (κ3) is 5.38. The molecular formula is C15H18N2O3S2. The summed E-state index contributed by atoms with van der Waals surface area (Å²) < 4.78 is 5.98. The van der Waals surface area contributed by atoms with Crippen LogP contribution in [-0.2, 0) is 9.53 Å². The Morgan fingerprint density at radius 2 is 2.14 bits per heavy atom. The molecule has 1 amide bonds. The molecule has 0 saturated carbocycles. The largest absolute Gasteiger partial charge is 0.462 e. The Kier molecular flexibility index (Phi) is 6.79. The van der Waals surface area contributed by atoms with Crippen LogP contribution < -0.4 is 5.32 Å². The van der Waals surface area contributed by atoms with Gasteiger partial charge < -0.3 is 10.1 Å². The number of benzene rings is 1. The first-order valence-corrected chi connectivity index (χ1v) is 9.03. The van der Waals surface area contributed by atoms with Crippen LogP contribution in [0.5, 0.6) is 0 Å². The van der Waals surface area contributed by atoms with Crippen molar-refractivity contribution in [2.75, 3.05) is 30.0 Å². The Hall–Kier alpha value is -1.47. The number of carbonyl (C=O) groups excluding carboxylic acids is 2. The molecule has 0 fully saturated rings. The van der Waals surface area contributed by atoms with Crippen LogP contribution >= 0.6 is 23.5 Å². The van der Waals surface area contributed by atoms with E-state index in [9.17, 15) is 9.59 Å². The molecule has 0 bridgehead atoms. The molecule has 1 aliphatic rings. The molecule has 1 N–H and O–H groups in total. The average molecular weight is 338 g/mol. The van der Waals surface area contributed by atoms with E-state index in [0.29, 0.717) is 24.3 Å². The van der Waals surface area contributed by atoms with Gasteiger partial charge in [-0.05, 0) is 31.2 Å². The molecule has 5 nitrogen and oxygen atoms in total. The van der Waals surface area contributed by atoms with Gasteiger partial charge in [0.1, 0.15) is 4.38 Å². The zero-order valence-electron chi connectivity index (χ0n) is 12.3. The second kappa shape index (κ2) is 8.85. The van der Waals surface area contributed by atoms with E-state index < -0.39 is 0 Å². The molecule has 0 aliphatic carbocycles. The van der Waals surface area contributed by atoms with Crippen molar-refractivity contribution in [1.29, 1.82) is 0 Å². The number of nitrogens with zero attached hydrogens (tertiary/aromatic N) is 1. The minimum Gasteiger partial charge on any atom is -0.462 e. The van der Waals surface area contributed by atoms with E-state index in [1.54, 1.807) is 54.7 Å². The number of rotatable bonds is 6. The Bertz CT molecular complexity index is 558. The van der Waals surface area contributed by atoms with E-state index in [4.69, 9.17) is 4.74 Å². The van der Waals surface area contributed by atoms with E-state index in [-0.39, 0.29) is 11.9 Å². The maximum Gasteiger partial charge on any atom is 0.338 e. The average Bonchev–Trinajstić information content (AvgIpc) is 3.01. The van der Waals surface area contributed by atoms with Crippen molar-refractivity contribution in [2.24, 2.45) is 4.99 Å². The predicted octanol–water partition coefficient (Wildman–Crippen LogP) is 3.03. The monoisotopic (exact) mass is 338 g/mol. The summed E-state index contributed by atoms with van der Waals surface area (Å²) >= 11 is 3.37. The van der Waals surface area contributed by atoms with Crippen molar-refractivity contribution < 1.29 is 14.3 Å². The highest BCUT2D eigenvalue weighted by atomic mass is 32.2. The molecule has 0 spiro atoms. The van der Waals surface area contributed by atoms with Crippen molar-refractivity contribution in [3.05, 3.63) is 29.8 Å². The van der Waals surface area contributed by atoms with Crippen LogP contribution in [0.3, 0.4) is 0 Å². The van der Waals surface area contributed by atoms with Crippen molar-refractivity contribution in [3.63, 3.8) is 0 Å². The molecule has 118 valence electrons. The van der Waals surface area contributed by atoms with E-state index in [2.05, 4.69) is 10.3 Å². The molecule has 0 aromatic heterocycles. The maximum absolute atomic E-state index is 11.8. The highest BCUT2D eigenvalue weighted by molar-refractivity contribution is 8.39. The number of aliphatic imine (C=N–C) groups is 1. The van der Waals surface area contributed by atoms with Crippen LogP contribution in [-0.4, -0.2) is 40.9 Å². The van der Waals surface area contributed by atoms with Crippen molar-refractivity contribution in [2.45, 2.75) is 13.3 Å². The van der Waals surface area contributed by atoms with E-state index in [1.165, 1.54) is 0 Å². The fraction of sp³-hybridized carbons (Fsp3) is 0.400. The van der Waals surface area contributed by atoms with E-state index in [0.717, 1.165) is 22.4 Å². The van der Waals surface area contributed by atoms with Crippen LogP contribution in [0.4, 0.5) is 5.69 Å². The number of amides is 1. The molecule has 22 heavy (non-hydrogen) atoms. The van der Waals surface area contributed by atoms with E-state index in [1.807, 2.05) is 0 Å². The molecule has 0 unspecified atom stereocenters. The Morgan fingerprint density at radius 1 is 1.36 bits per heavy atom. The van der Waals surface area contributed by atoms with Gasteiger partial charge >= 0.3 is 5.97 Å². The van der Waals surface area contributed by atoms with Crippen LogP contribution in [0.2, 0.25) is 0 Å². The smallest absolute Gasteiger partial charge is 0.338 e. The number of thioether (sulfide) groups is 2. The number of anilines is 1. The van der Waals surface area contributed by atoms with Gasteiger partial charge in [0.05, 0.1) is 18.7 Å². The fourth-order valence-electron chi connectivity index (χ4n) is 1.76. The Morgan fingerprint density at radius 3 is 2.77 bits per heavy atom. The summed E-state index contributed by atoms with van der Waals surface area (Å²) in [5.41, 5.74) is 1.15. The number of esters is 1. The van der Waals surface area contributed by atoms with Gasteiger partial charge in [-0.1, -0.05) is 23.5 Å². The normalized spacial score (nSPS) is 13.6. The third-order valence-corrected chi connectivity index (χ3v) is 5.05. The quantitative estimate of drug-likeness (QED) is 0.808. The van der Waals surface area contributed by atoms with Gasteiger partial charge in [0.2, 0.25) is 5.91 Å². The molecule has 0 radical (unpaired) electrons. The van der Waals surface area contributed by atoms with Gasteiger partial charge in [0.25, 0.3) is 0 Å². The first-order valence-electron chi connectivity index (χ1n) is 7.06. The summed E-state index contributed by atoms with van der Waals surface area (Å²) in [5, 5.41) is 2.81. The molecule has 0 saturated heterocycles. The van der Waals surface area contributed by atoms with Crippen molar-refractivity contribution in [3.8, 4) is 0 Å². The van der Waals surface area contributed by atoms with E-state index >= 15 is 0 Å². The Balaban J connectivity index is 1.75. The number of hydrogen-bond acceptors (Lipinski definition) is 6. The summed E-state index contributed by atoms with van der Waals surface area (Å²) in [7, 11) is 0. The molecule has 7 heteroatoms. The zero-order valence-corrected chi connectivity index (χ0v) is 14.0. The highest BCUT2D eigenvalue weighted by Gasteiger charge is 2.10. The second-order valence-corrected chi connectivity index (χ2v) is 6.87. The lowest BCUT2D eigenvalue weighted by Crippen LogP contribution is -2.12. The third-order valence-electron chi connectivity index (χ3n) is 2.79. The summed E-state index contributed by atoms with van der Waals surface area (Å²) in [4.78, 5) is 27.7. The lowest BCUT2D eigenvalue weighted by atomic mass is 10.2. The van der Waals surface area contributed by atoms with Crippen LogP contribution in [0.15, 0.2) is 29.3 Å². The van der Waals surface area contributed by atoms with Crippen LogP contribution in [0.25, 0.3) is 0 Å². The fourth-order valence-corrected chi connectivity index (χ4v) is 3.78. The van der Waals surface area contributed by atoms with Gasteiger partial charge in [0, 0.05) is 23.6 Å². The Labute approximate surface area is 138 Å². The second-order valence-electron chi connectivity index (χ2n) is 4.44. The molecule has 1 aromatic carbocycles. The highest BCUT2D eigenvalue weighted by Crippen LogP contribution is 2.22. The minimum atomic E-state index is -0.355. The first-order chi connectivity index (χ1) is 10.7. The van der Waals surface area contributed by atoms with Gasteiger partial charge in [-0.3, -0.25) is 9.79 Å². The summed E-state index contributed by atoms with van der Waals surface area (Å²) in [6, 6.07) is 6.70. The number of hydrogen-bond donors (Lipinski definition) is 1. The minimum absolute atomic E-state index is 0.0417. The molecule has 1 heterocycles. The number of carbonyl (C=O) groups is 2. The standard InChI is InChI=1S/C15H18N2O3S2/c1-2-20-14(19)11-3-5-12(6-4-11)17-13(18)7-9-21-15-16-8-10-22-15/h3-6H,2,7-10H2,1H3,(H,17,18). The maximum atomic E-state index is 11.8. The lowest BCUT2D eigenvalue weighted by Gasteiger charge is -2.06. The van der Waals surface area contributed by atoms with Gasteiger partial charge in [-0.2, -0.15) is 0 Å². The summed E-state index contributed by atoms with van der Waals surface area (Å²) in [6.07, 6.45) is 0.434. The van der Waals surface area contributed by atoms with Crippen LogP contribution in [0, 0.1) is 0 Å². The molecular weight excluding hydrogens is 320 g/mol. The number of nitrogens with one attached hydrogen (secondary N) is 1. The number of ether oxygens (including phenoxy) is 1. The van der Waals surface area contributed by atoms with Crippen molar-refractivity contribution in [1.82, 2.24) is 0 Å². The van der Waals surface area contributed by atoms with Crippen LogP contribution in [0.1, 0.15) is 23.7 Å². The predicted molar refractivity (Wildman–Crippen MR) is 92.9 cm³/mol. The molecule has 0 atom stereocenters. The SMILES string of the molecule is CCOC(=O)c1ccc(NC(=O)CCSC2=NCCS2)cc1. The zero-order chi connectivity index (χ0) is 15.8. The van der Waals surface area contributed by atoms with Crippen molar-refractivity contribution >= 4 is 45.5 Å². The topological polar surface area (TPSA) is 67.8 Å². The lowest BCUT2D eigenvalue weighted by molar-refractivity contribution is -0.115. The van der Waals surface area contributed by atoms with Gasteiger partial charge in [-0.25, -0.2) is 4.79 Å². The molecule has 1 aliphatic heterocycles. The summed E-state index contributed by atoms with van der Waals surface area (Å²) in [6.45, 7) is 2.99. The summed E-state index contributed by atoms with van der Waals surface area (Å²) in [5.74, 6) is 1.37. The molecule has 2 rings (SSSR count). The molecule has 1 aromatic rings.